The van der Waals surface area contributed by atoms with E-state index in [1.165, 1.54) is 186 Å². The number of rotatable bonds is 48. The molecule has 0 spiro atoms. The number of unbranched alkanes of at least 4 members (excludes halogenated alkanes) is 33. The molecule has 0 radical (unpaired) electrons. The third-order valence-corrected chi connectivity index (χ3v) is 12.2. The van der Waals surface area contributed by atoms with Gasteiger partial charge in [-0.15, -0.1) is 0 Å². The second kappa shape index (κ2) is 46.9. The first-order chi connectivity index (χ1) is 29.2. The van der Waals surface area contributed by atoms with Gasteiger partial charge in [-0.1, -0.05) is 259 Å². The second-order valence-electron chi connectivity index (χ2n) is 19.5. The van der Waals surface area contributed by atoms with E-state index in [0.29, 0.717) is 19.3 Å². The molecule has 0 bridgehead atoms. The van der Waals surface area contributed by atoms with Gasteiger partial charge in [-0.25, -0.2) is 0 Å². The summed E-state index contributed by atoms with van der Waals surface area (Å²) in [5.41, 5.74) is 0. The molecule has 0 fully saturated rings. The van der Waals surface area contributed by atoms with E-state index in [2.05, 4.69) is 34.6 Å². The predicted molar refractivity (Wildman–Crippen MR) is 256 cm³/mol. The standard InChI is InChI=1S/C54H104O6/c1-6-7-8-9-10-11-12-13-14-15-19-22-25-28-34-39-44-52(55)58-47-51(60-54(57)46-41-36-31-30-33-38-43-50(4)5)48-59-53(56)45-40-35-29-26-23-20-17-16-18-21-24-27-32-37-42-49(2)3/h49-51H,6-48H2,1-5H3/t51-/m1/s1. The maximum atomic E-state index is 12.7. The fraction of sp³-hybridized carbons (Fsp3) is 0.944. The highest BCUT2D eigenvalue weighted by atomic mass is 16.6. The highest BCUT2D eigenvalue weighted by Crippen LogP contribution is 2.17. The maximum absolute atomic E-state index is 12.7. The molecular formula is C54H104O6. The van der Waals surface area contributed by atoms with E-state index in [1.807, 2.05) is 0 Å². The van der Waals surface area contributed by atoms with Crippen molar-refractivity contribution in [2.24, 2.45) is 11.8 Å². The maximum Gasteiger partial charge on any atom is 0.306 e. The lowest BCUT2D eigenvalue weighted by Gasteiger charge is -2.18. The van der Waals surface area contributed by atoms with Crippen LogP contribution in [-0.2, 0) is 28.6 Å². The third-order valence-electron chi connectivity index (χ3n) is 12.2. The molecule has 0 aliphatic heterocycles. The molecule has 6 heteroatoms. The van der Waals surface area contributed by atoms with Crippen LogP contribution >= 0.6 is 0 Å². The Morgan fingerprint density at radius 2 is 0.550 bits per heavy atom. The van der Waals surface area contributed by atoms with Gasteiger partial charge in [-0.3, -0.25) is 14.4 Å². The molecule has 0 amide bonds. The van der Waals surface area contributed by atoms with Gasteiger partial charge >= 0.3 is 17.9 Å². The molecule has 356 valence electrons. The minimum Gasteiger partial charge on any atom is -0.462 e. The Bertz CT molecular complexity index is 916. The van der Waals surface area contributed by atoms with Gasteiger partial charge in [0.25, 0.3) is 0 Å². The molecule has 0 rings (SSSR count). The Kier molecular flexibility index (Phi) is 45.7. The van der Waals surface area contributed by atoms with Crippen molar-refractivity contribution >= 4 is 17.9 Å². The number of carbonyl (C=O) groups excluding carboxylic acids is 3. The number of carbonyl (C=O) groups is 3. The van der Waals surface area contributed by atoms with Crippen molar-refractivity contribution in [2.75, 3.05) is 13.2 Å². The van der Waals surface area contributed by atoms with Crippen molar-refractivity contribution in [3.8, 4) is 0 Å². The number of ether oxygens (including phenoxy) is 3. The molecule has 0 aliphatic carbocycles. The van der Waals surface area contributed by atoms with E-state index in [-0.39, 0.29) is 31.1 Å². The van der Waals surface area contributed by atoms with Crippen LogP contribution in [0.3, 0.4) is 0 Å². The van der Waals surface area contributed by atoms with E-state index in [4.69, 9.17) is 14.2 Å². The summed E-state index contributed by atoms with van der Waals surface area (Å²) in [6.07, 6.45) is 48.2. The van der Waals surface area contributed by atoms with Crippen LogP contribution in [-0.4, -0.2) is 37.2 Å². The van der Waals surface area contributed by atoms with Crippen LogP contribution in [0.2, 0.25) is 0 Å². The first-order valence-electron chi connectivity index (χ1n) is 26.7. The van der Waals surface area contributed by atoms with Crippen molar-refractivity contribution in [1.82, 2.24) is 0 Å². The number of esters is 3. The third kappa shape index (κ3) is 47.5. The van der Waals surface area contributed by atoms with E-state index in [9.17, 15) is 14.4 Å². The minimum atomic E-state index is -0.762. The molecule has 0 aliphatic rings. The van der Waals surface area contributed by atoms with Gasteiger partial charge in [0.05, 0.1) is 0 Å². The van der Waals surface area contributed by atoms with Gasteiger partial charge in [0, 0.05) is 19.3 Å². The van der Waals surface area contributed by atoms with Gasteiger partial charge in [-0.05, 0) is 31.1 Å². The second-order valence-corrected chi connectivity index (χ2v) is 19.5. The topological polar surface area (TPSA) is 78.9 Å². The van der Waals surface area contributed by atoms with Crippen molar-refractivity contribution in [3.63, 3.8) is 0 Å². The van der Waals surface area contributed by atoms with E-state index in [0.717, 1.165) is 69.6 Å². The Balaban J connectivity index is 4.22. The summed E-state index contributed by atoms with van der Waals surface area (Å²) in [5, 5.41) is 0. The monoisotopic (exact) mass is 849 g/mol. The van der Waals surface area contributed by atoms with E-state index < -0.39 is 6.10 Å². The van der Waals surface area contributed by atoms with Crippen LogP contribution in [0.25, 0.3) is 0 Å². The number of hydrogen-bond acceptors (Lipinski definition) is 6. The normalized spacial score (nSPS) is 12.1. The smallest absolute Gasteiger partial charge is 0.306 e. The average Bonchev–Trinajstić information content (AvgIpc) is 3.22. The van der Waals surface area contributed by atoms with E-state index in [1.54, 1.807) is 0 Å². The first kappa shape index (κ1) is 58.4. The average molecular weight is 849 g/mol. The van der Waals surface area contributed by atoms with Gasteiger partial charge < -0.3 is 14.2 Å². The summed E-state index contributed by atoms with van der Waals surface area (Å²) in [6.45, 7) is 11.3. The molecule has 6 nitrogen and oxygen atoms in total. The van der Waals surface area contributed by atoms with Crippen LogP contribution in [0, 0.1) is 11.8 Å². The van der Waals surface area contributed by atoms with Crippen LogP contribution in [0.15, 0.2) is 0 Å². The largest absolute Gasteiger partial charge is 0.462 e. The quantitative estimate of drug-likeness (QED) is 0.0345. The molecule has 0 aromatic carbocycles. The Hall–Kier alpha value is -1.59. The van der Waals surface area contributed by atoms with Crippen LogP contribution < -0.4 is 0 Å². The molecule has 0 aromatic rings. The molecule has 0 heterocycles. The predicted octanol–water partition coefficient (Wildman–Crippen LogP) is 17.3. The molecule has 0 saturated heterocycles. The molecule has 0 aromatic heterocycles. The lowest BCUT2D eigenvalue weighted by Crippen LogP contribution is -2.30. The fourth-order valence-electron chi connectivity index (χ4n) is 8.17. The molecule has 1 atom stereocenters. The number of hydrogen-bond donors (Lipinski definition) is 0. The first-order valence-corrected chi connectivity index (χ1v) is 26.7. The highest BCUT2D eigenvalue weighted by molar-refractivity contribution is 5.71. The lowest BCUT2D eigenvalue weighted by atomic mass is 10.0. The van der Waals surface area contributed by atoms with Crippen molar-refractivity contribution in [3.05, 3.63) is 0 Å². The minimum absolute atomic E-state index is 0.0645. The van der Waals surface area contributed by atoms with Gasteiger partial charge in [0.2, 0.25) is 0 Å². The van der Waals surface area contributed by atoms with Gasteiger partial charge in [0.1, 0.15) is 13.2 Å². The van der Waals surface area contributed by atoms with Crippen LogP contribution in [0.4, 0.5) is 0 Å². The van der Waals surface area contributed by atoms with Crippen molar-refractivity contribution in [2.45, 2.75) is 304 Å². The summed E-state index contributed by atoms with van der Waals surface area (Å²) in [6, 6.07) is 0. The van der Waals surface area contributed by atoms with E-state index >= 15 is 0 Å². The summed E-state index contributed by atoms with van der Waals surface area (Å²) in [4.78, 5) is 37.9. The zero-order valence-corrected chi connectivity index (χ0v) is 41.1. The lowest BCUT2D eigenvalue weighted by molar-refractivity contribution is -0.167. The Labute approximate surface area is 374 Å². The zero-order chi connectivity index (χ0) is 44.0. The molecule has 0 N–H and O–H groups in total. The van der Waals surface area contributed by atoms with Gasteiger partial charge in [0.15, 0.2) is 6.10 Å². The van der Waals surface area contributed by atoms with Gasteiger partial charge in [-0.2, -0.15) is 0 Å². The summed E-state index contributed by atoms with van der Waals surface area (Å²) >= 11 is 0. The Morgan fingerprint density at radius 3 is 0.817 bits per heavy atom. The van der Waals surface area contributed by atoms with Crippen molar-refractivity contribution in [1.29, 1.82) is 0 Å². The fourth-order valence-corrected chi connectivity index (χ4v) is 8.17. The summed E-state index contributed by atoms with van der Waals surface area (Å²) in [5.74, 6) is 0.753. The summed E-state index contributed by atoms with van der Waals surface area (Å²) in [7, 11) is 0. The van der Waals surface area contributed by atoms with Crippen LogP contribution in [0.5, 0.6) is 0 Å². The zero-order valence-electron chi connectivity index (χ0n) is 41.1. The Morgan fingerprint density at radius 1 is 0.317 bits per heavy atom. The molecular weight excluding hydrogens is 745 g/mol. The SMILES string of the molecule is CCCCCCCCCCCCCCCCCCC(=O)OC[C@H](COC(=O)CCCCCCCCCCCCCCCCC(C)C)OC(=O)CCCCCCCCC(C)C. The van der Waals surface area contributed by atoms with Crippen LogP contribution in [0.1, 0.15) is 298 Å². The van der Waals surface area contributed by atoms with Crippen molar-refractivity contribution < 1.29 is 28.6 Å². The molecule has 0 unspecified atom stereocenters. The highest BCUT2D eigenvalue weighted by Gasteiger charge is 2.19. The molecule has 0 saturated carbocycles. The molecule has 60 heavy (non-hydrogen) atoms. The summed E-state index contributed by atoms with van der Waals surface area (Å²) < 4.78 is 16.8.